The summed E-state index contributed by atoms with van der Waals surface area (Å²) in [6.07, 6.45) is 1.94. The first-order valence-corrected chi connectivity index (χ1v) is 8.21. The predicted octanol–water partition coefficient (Wildman–Crippen LogP) is 5.03. The molecule has 0 fully saturated rings. The molecule has 4 nitrogen and oxygen atoms in total. The number of nitrogens with zero attached hydrogens (tertiary/aromatic N) is 4. The minimum atomic E-state index is 0.712. The average molecular weight is 318 g/mol. The largest absolute Gasteiger partial charge is 0.218 e. The number of hydrogen-bond donors (Lipinski definition) is 0. The Morgan fingerprint density at radius 2 is 1.90 bits per heavy atom. The molecular weight excluding hydrogens is 300 g/mol. The summed E-state index contributed by atoms with van der Waals surface area (Å²) in [7, 11) is 0. The SMILES string of the molecule is CSC(=S)n1nc(C)c(N=Nc2cccc(C)c2C)c1C. The highest BCUT2D eigenvalue weighted by Gasteiger charge is 2.13. The van der Waals surface area contributed by atoms with Gasteiger partial charge in [0.05, 0.1) is 17.1 Å². The summed E-state index contributed by atoms with van der Waals surface area (Å²) in [5, 5.41) is 13.2. The van der Waals surface area contributed by atoms with Crippen molar-refractivity contribution in [2.45, 2.75) is 27.7 Å². The number of thiocarbonyl (C=S) groups is 1. The van der Waals surface area contributed by atoms with Gasteiger partial charge in [-0.25, -0.2) is 4.68 Å². The Morgan fingerprint density at radius 3 is 2.57 bits per heavy atom. The number of aromatic nitrogens is 2. The van der Waals surface area contributed by atoms with Crippen molar-refractivity contribution in [1.29, 1.82) is 0 Å². The second-order valence-corrected chi connectivity index (χ2v) is 6.26. The van der Waals surface area contributed by atoms with Crippen LogP contribution in [0.3, 0.4) is 0 Å². The molecule has 0 radical (unpaired) electrons. The van der Waals surface area contributed by atoms with Gasteiger partial charge in [-0.1, -0.05) is 36.1 Å². The summed E-state index contributed by atoms with van der Waals surface area (Å²) < 4.78 is 2.45. The number of azo groups is 1. The molecule has 0 bridgehead atoms. The van der Waals surface area contributed by atoms with E-state index in [1.54, 1.807) is 4.68 Å². The summed E-state index contributed by atoms with van der Waals surface area (Å²) in [4.78, 5) is 0. The molecule has 0 N–H and O–H groups in total. The van der Waals surface area contributed by atoms with Crippen LogP contribution in [-0.4, -0.2) is 20.4 Å². The van der Waals surface area contributed by atoms with Gasteiger partial charge in [0.1, 0.15) is 5.69 Å². The van der Waals surface area contributed by atoms with E-state index in [0.717, 1.165) is 28.3 Å². The number of thioether (sulfide) groups is 1. The van der Waals surface area contributed by atoms with Gasteiger partial charge in [-0.2, -0.15) is 10.2 Å². The van der Waals surface area contributed by atoms with Gasteiger partial charge in [-0.15, -0.1) is 5.11 Å². The first-order chi connectivity index (χ1) is 9.95. The molecule has 0 atom stereocenters. The number of hydrogen-bond acceptors (Lipinski definition) is 5. The van der Waals surface area contributed by atoms with Crippen molar-refractivity contribution >= 4 is 39.7 Å². The Morgan fingerprint density at radius 1 is 1.19 bits per heavy atom. The standard InChI is InChI=1S/C15H18N4S2/c1-9-7-6-8-13(10(9)2)16-17-14-11(3)18-19(12(14)4)15(20)21-5/h6-8H,1-5H3. The second-order valence-electron chi connectivity index (χ2n) is 4.82. The van der Waals surface area contributed by atoms with Gasteiger partial charge in [-0.05, 0) is 51.1 Å². The van der Waals surface area contributed by atoms with E-state index in [0.29, 0.717) is 4.32 Å². The minimum absolute atomic E-state index is 0.712. The molecule has 1 heterocycles. The van der Waals surface area contributed by atoms with E-state index < -0.39 is 0 Å². The van der Waals surface area contributed by atoms with E-state index in [2.05, 4.69) is 35.2 Å². The minimum Gasteiger partial charge on any atom is -0.218 e. The third kappa shape index (κ3) is 3.22. The van der Waals surface area contributed by atoms with Crippen LogP contribution in [0.1, 0.15) is 22.5 Å². The van der Waals surface area contributed by atoms with Crippen molar-refractivity contribution in [1.82, 2.24) is 9.78 Å². The van der Waals surface area contributed by atoms with Gasteiger partial charge < -0.3 is 0 Å². The zero-order chi connectivity index (χ0) is 15.6. The lowest BCUT2D eigenvalue weighted by Gasteiger charge is -2.03. The lowest BCUT2D eigenvalue weighted by molar-refractivity contribution is 0.906. The maximum absolute atomic E-state index is 5.29. The molecule has 110 valence electrons. The Balaban J connectivity index is 2.40. The van der Waals surface area contributed by atoms with E-state index >= 15 is 0 Å². The molecule has 21 heavy (non-hydrogen) atoms. The molecule has 0 aliphatic heterocycles. The molecule has 0 saturated heterocycles. The van der Waals surface area contributed by atoms with Crippen LogP contribution >= 0.6 is 24.0 Å². The van der Waals surface area contributed by atoms with Crippen LogP contribution in [0.5, 0.6) is 0 Å². The molecule has 0 aliphatic carbocycles. The highest BCUT2D eigenvalue weighted by atomic mass is 32.2. The van der Waals surface area contributed by atoms with Crippen LogP contribution in [0.2, 0.25) is 0 Å². The fraction of sp³-hybridized carbons (Fsp3) is 0.333. The van der Waals surface area contributed by atoms with Crippen LogP contribution in [0.15, 0.2) is 28.4 Å². The maximum atomic E-state index is 5.29. The quantitative estimate of drug-likeness (QED) is 0.576. The fourth-order valence-corrected chi connectivity index (χ4v) is 2.52. The molecule has 1 aromatic carbocycles. The molecule has 0 amide bonds. The summed E-state index contributed by atoms with van der Waals surface area (Å²) in [6, 6.07) is 6.02. The summed E-state index contributed by atoms with van der Waals surface area (Å²) in [6.45, 7) is 8.00. The normalized spacial score (nSPS) is 11.3. The van der Waals surface area contributed by atoms with E-state index in [-0.39, 0.29) is 0 Å². The van der Waals surface area contributed by atoms with Crippen LogP contribution < -0.4 is 0 Å². The first kappa shape index (κ1) is 15.9. The van der Waals surface area contributed by atoms with Gasteiger partial charge in [0.25, 0.3) is 0 Å². The highest BCUT2D eigenvalue weighted by Crippen LogP contribution is 2.28. The Labute approximate surface area is 134 Å². The smallest absolute Gasteiger partial charge is 0.161 e. The van der Waals surface area contributed by atoms with Crippen molar-refractivity contribution in [3.63, 3.8) is 0 Å². The van der Waals surface area contributed by atoms with Crippen molar-refractivity contribution in [3.05, 3.63) is 40.7 Å². The Kier molecular flexibility index (Phi) is 4.90. The van der Waals surface area contributed by atoms with Gasteiger partial charge in [0.15, 0.2) is 4.32 Å². The lowest BCUT2D eigenvalue weighted by atomic mass is 10.1. The lowest BCUT2D eigenvalue weighted by Crippen LogP contribution is -2.07. The van der Waals surface area contributed by atoms with Gasteiger partial charge in [0, 0.05) is 0 Å². The molecule has 0 saturated carbocycles. The predicted molar refractivity (Wildman–Crippen MR) is 93.3 cm³/mol. The third-order valence-corrected chi connectivity index (χ3v) is 4.63. The van der Waals surface area contributed by atoms with Crippen LogP contribution in [0.4, 0.5) is 11.4 Å². The van der Waals surface area contributed by atoms with E-state index in [4.69, 9.17) is 12.2 Å². The number of aryl methyl sites for hydroxylation is 2. The molecule has 6 heteroatoms. The zero-order valence-electron chi connectivity index (χ0n) is 12.8. The van der Waals surface area contributed by atoms with E-state index in [1.165, 1.54) is 17.3 Å². The topological polar surface area (TPSA) is 42.5 Å². The Hall–Kier alpha value is -1.53. The Bertz CT molecular complexity index is 717. The average Bonchev–Trinajstić information content (AvgIpc) is 2.75. The van der Waals surface area contributed by atoms with E-state index in [1.807, 2.05) is 32.2 Å². The van der Waals surface area contributed by atoms with Crippen LogP contribution in [0.25, 0.3) is 0 Å². The fourth-order valence-electron chi connectivity index (χ4n) is 1.99. The maximum Gasteiger partial charge on any atom is 0.161 e. The molecule has 1 aromatic heterocycles. The van der Waals surface area contributed by atoms with Crippen molar-refractivity contribution in [2.75, 3.05) is 6.26 Å². The zero-order valence-corrected chi connectivity index (χ0v) is 14.5. The number of benzene rings is 1. The monoisotopic (exact) mass is 318 g/mol. The highest BCUT2D eigenvalue weighted by molar-refractivity contribution is 8.22. The number of rotatable bonds is 2. The van der Waals surface area contributed by atoms with Crippen molar-refractivity contribution in [3.8, 4) is 0 Å². The molecule has 2 rings (SSSR count). The first-order valence-electron chi connectivity index (χ1n) is 6.58. The second kappa shape index (κ2) is 6.49. The molecule has 0 aliphatic rings. The van der Waals surface area contributed by atoms with Gasteiger partial charge >= 0.3 is 0 Å². The van der Waals surface area contributed by atoms with Crippen LogP contribution in [-0.2, 0) is 0 Å². The van der Waals surface area contributed by atoms with Gasteiger partial charge in [0.2, 0.25) is 0 Å². The summed E-state index contributed by atoms with van der Waals surface area (Å²) in [5.41, 5.74) is 5.77. The van der Waals surface area contributed by atoms with Crippen LogP contribution in [0, 0.1) is 27.7 Å². The molecule has 0 unspecified atom stereocenters. The van der Waals surface area contributed by atoms with E-state index in [9.17, 15) is 0 Å². The third-order valence-electron chi connectivity index (χ3n) is 3.43. The van der Waals surface area contributed by atoms with Crippen molar-refractivity contribution in [2.24, 2.45) is 10.2 Å². The van der Waals surface area contributed by atoms with Gasteiger partial charge in [-0.3, -0.25) is 0 Å². The summed E-state index contributed by atoms with van der Waals surface area (Å²) in [5.74, 6) is 0. The molecule has 0 spiro atoms. The molecular formula is C15H18N4S2. The van der Waals surface area contributed by atoms with Crippen molar-refractivity contribution < 1.29 is 0 Å². The molecule has 2 aromatic rings. The summed E-state index contributed by atoms with van der Waals surface area (Å²) >= 11 is 6.78.